The summed E-state index contributed by atoms with van der Waals surface area (Å²) in [5, 5.41) is 13.5. The van der Waals surface area contributed by atoms with Gasteiger partial charge in [0, 0.05) is 39.8 Å². The number of Topliss-reactive ketones (excluding diaryl/α,β-unsaturated/α-hetero) is 1. The maximum atomic E-state index is 13.7. The minimum atomic E-state index is -0.518. The molecular formula is C27H31N7O4S. The van der Waals surface area contributed by atoms with Crippen molar-refractivity contribution in [3.63, 3.8) is 0 Å². The van der Waals surface area contributed by atoms with Gasteiger partial charge in [0.2, 0.25) is 0 Å². The number of hydrogen-bond donors (Lipinski definition) is 2. The summed E-state index contributed by atoms with van der Waals surface area (Å²) in [6.45, 7) is 4.37. The van der Waals surface area contributed by atoms with E-state index in [0.29, 0.717) is 47.1 Å². The van der Waals surface area contributed by atoms with Crippen molar-refractivity contribution >= 4 is 40.4 Å². The zero-order valence-corrected chi connectivity index (χ0v) is 22.8. The fraction of sp³-hybridized carbons (Fsp3) is 0.444. The van der Waals surface area contributed by atoms with Crippen molar-refractivity contribution in [1.82, 2.24) is 20.2 Å². The van der Waals surface area contributed by atoms with Crippen LogP contribution in [0.15, 0.2) is 46.1 Å². The summed E-state index contributed by atoms with van der Waals surface area (Å²) in [6.07, 6.45) is 1.92. The number of likely N-dealkylation sites (N-methyl/N-ethyl adjacent to an activating group) is 1. The Morgan fingerprint density at radius 2 is 1.95 bits per heavy atom. The van der Waals surface area contributed by atoms with E-state index >= 15 is 0 Å². The molecule has 2 aromatic rings. The van der Waals surface area contributed by atoms with Crippen molar-refractivity contribution in [2.45, 2.75) is 24.9 Å². The standard InChI is InChI=1S/C27H31N7O4S/c1-32-11-13-33(14-12-32)26(36)20-9-8-19(39-20)24-22-23(29-30-24)17-6-3-7-18(21(17)25(22)35)28-27(37)31-34-10-4-5-16(34)15-38-2/h3,6-9,16,23H,4-5,10-15H2,1-2H3,(H2,28,31,37)/t16-,23?/m1/s1. The smallest absolute Gasteiger partial charge is 0.333 e. The second kappa shape index (κ2) is 10.6. The van der Waals surface area contributed by atoms with Crippen molar-refractivity contribution < 1.29 is 19.1 Å². The highest BCUT2D eigenvalue weighted by Crippen LogP contribution is 2.49. The summed E-state index contributed by atoms with van der Waals surface area (Å²) in [6, 6.07) is 8.22. The lowest BCUT2D eigenvalue weighted by Crippen LogP contribution is -2.48. The topological polar surface area (TPSA) is 119 Å². The number of azo groups is 1. The van der Waals surface area contributed by atoms with E-state index in [1.165, 1.54) is 11.3 Å². The Hall–Kier alpha value is -3.45. The quantitative estimate of drug-likeness (QED) is 0.570. The van der Waals surface area contributed by atoms with Gasteiger partial charge in [0.1, 0.15) is 11.7 Å². The molecule has 1 aromatic heterocycles. The number of hydrogen-bond acceptors (Lipinski definition) is 9. The molecule has 204 valence electrons. The van der Waals surface area contributed by atoms with E-state index in [0.717, 1.165) is 42.9 Å². The Morgan fingerprint density at radius 3 is 2.74 bits per heavy atom. The van der Waals surface area contributed by atoms with Gasteiger partial charge in [0.15, 0.2) is 5.78 Å². The second-order valence-electron chi connectivity index (χ2n) is 10.2. The van der Waals surface area contributed by atoms with E-state index in [1.54, 1.807) is 25.3 Å². The minimum Gasteiger partial charge on any atom is -0.383 e. The first-order valence-electron chi connectivity index (χ1n) is 13.2. The third-order valence-electron chi connectivity index (χ3n) is 7.73. The number of fused-ring (bicyclic) bond motifs is 3. The summed E-state index contributed by atoms with van der Waals surface area (Å²) < 4.78 is 5.26. The van der Waals surface area contributed by atoms with Gasteiger partial charge in [-0.3, -0.25) is 15.0 Å². The number of benzene rings is 1. The Morgan fingerprint density at radius 1 is 1.13 bits per heavy atom. The Kier molecular flexibility index (Phi) is 7.02. The zero-order chi connectivity index (χ0) is 27.1. The molecule has 12 heteroatoms. The van der Waals surface area contributed by atoms with Crippen molar-refractivity contribution in [2.24, 2.45) is 10.2 Å². The highest BCUT2D eigenvalue weighted by atomic mass is 32.1. The molecule has 2 fully saturated rings. The Balaban J connectivity index is 1.21. The number of urea groups is 1. The van der Waals surface area contributed by atoms with Gasteiger partial charge in [-0.15, -0.1) is 11.3 Å². The number of thiophene rings is 1. The summed E-state index contributed by atoms with van der Waals surface area (Å²) in [5.74, 6) is -0.203. The first-order valence-corrected chi connectivity index (χ1v) is 14.0. The van der Waals surface area contributed by atoms with Crippen LogP contribution in [0.3, 0.4) is 0 Å². The third-order valence-corrected chi connectivity index (χ3v) is 8.81. The van der Waals surface area contributed by atoms with Crippen molar-refractivity contribution in [1.29, 1.82) is 0 Å². The van der Waals surface area contributed by atoms with Gasteiger partial charge in [0.25, 0.3) is 5.91 Å². The molecular weight excluding hydrogens is 518 g/mol. The fourth-order valence-electron chi connectivity index (χ4n) is 5.65. The van der Waals surface area contributed by atoms with Crippen LogP contribution in [0.25, 0.3) is 5.70 Å². The van der Waals surface area contributed by atoms with Gasteiger partial charge in [-0.25, -0.2) is 9.80 Å². The monoisotopic (exact) mass is 549 g/mol. The molecule has 4 heterocycles. The number of ether oxygens (including phenoxy) is 1. The lowest BCUT2D eigenvalue weighted by atomic mass is 10.1. The predicted octanol–water partition coefficient (Wildman–Crippen LogP) is 3.40. The summed E-state index contributed by atoms with van der Waals surface area (Å²) in [7, 11) is 3.70. The molecule has 0 spiro atoms. The molecule has 0 radical (unpaired) electrons. The number of nitrogens with one attached hydrogen (secondary N) is 2. The SMILES string of the molecule is COC[C@H]1CCCN1NC(=O)Nc1cccc2c1C(=O)C1=C(c3ccc(C(=O)N4CCN(C)CC4)s3)N=NC12. The van der Waals surface area contributed by atoms with Crippen LogP contribution in [0.5, 0.6) is 0 Å². The summed E-state index contributed by atoms with van der Waals surface area (Å²) >= 11 is 1.33. The molecule has 11 nitrogen and oxygen atoms in total. The number of carbonyl (C=O) groups is 3. The average Bonchev–Trinajstić information content (AvgIpc) is 3.71. The van der Waals surface area contributed by atoms with Gasteiger partial charge >= 0.3 is 6.03 Å². The molecule has 2 atom stereocenters. The average molecular weight is 550 g/mol. The lowest BCUT2D eigenvalue weighted by molar-refractivity contribution is 0.0669. The fourth-order valence-corrected chi connectivity index (χ4v) is 6.63. The number of methoxy groups -OCH3 is 1. The van der Waals surface area contributed by atoms with Gasteiger partial charge in [-0.1, -0.05) is 12.1 Å². The molecule has 0 bridgehead atoms. The summed E-state index contributed by atoms with van der Waals surface area (Å²) in [5.41, 5.74) is 5.47. The van der Waals surface area contributed by atoms with E-state index in [1.807, 2.05) is 22.0 Å². The molecule has 4 aliphatic rings. The minimum absolute atomic E-state index is 0.000657. The number of ketones is 1. The zero-order valence-electron chi connectivity index (χ0n) is 22.0. The molecule has 39 heavy (non-hydrogen) atoms. The first kappa shape index (κ1) is 25.8. The van der Waals surface area contributed by atoms with E-state index in [9.17, 15) is 14.4 Å². The van der Waals surface area contributed by atoms with Crippen LogP contribution in [-0.2, 0) is 4.74 Å². The van der Waals surface area contributed by atoms with Crippen molar-refractivity contribution in [2.75, 3.05) is 58.8 Å². The van der Waals surface area contributed by atoms with Crippen molar-refractivity contribution in [3.8, 4) is 0 Å². The Labute approximate surface area is 230 Å². The summed E-state index contributed by atoms with van der Waals surface area (Å²) in [4.78, 5) is 45.1. The number of carbonyl (C=O) groups excluding carboxylic acids is 3. The van der Waals surface area contributed by atoms with E-state index < -0.39 is 12.1 Å². The van der Waals surface area contributed by atoms with Gasteiger partial charge < -0.3 is 19.9 Å². The van der Waals surface area contributed by atoms with Crippen LogP contribution in [0.4, 0.5) is 10.5 Å². The molecule has 1 aliphatic carbocycles. The second-order valence-corrected chi connectivity index (χ2v) is 11.3. The predicted molar refractivity (Wildman–Crippen MR) is 147 cm³/mol. The maximum absolute atomic E-state index is 13.7. The molecule has 1 unspecified atom stereocenters. The number of nitrogens with zero attached hydrogens (tertiary/aromatic N) is 5. The van der Waals surface area contributed by atoms with Crippen LogP contribution in [0.1, 0.15) is 49.4 Å². The van der Waals surface area contributed by atoms with Crippen LogP contribution in [-0.4, -0.2) is 92.1 Å². The van der Waals surface area contributed by atoms with E-state index in [4.69, 9.17) is 4.74 Å². The van der Waals surface area contributed by atoms with Crippen LogP contribution in [0.2, 0.25) is 0 Å². The molecule has 2 saturated heterocycles. The van der Waals surface area contributed by atoms with E-state index in [2.05, 4.69) is 32.9 Å². The largest absolute Gasteiger partial charge is 0.383 e. The van der Waals surface area contributed by atoms with Gasteiger partial charge in [0.05, 0.1) is 39.2 Å². The maximum Gasteiger partial charge on any atom is 0.333 e. The molecule has 3 aliphatic heterocycles. The van der Waals surface area contributed by atoms with E-state index in [-0.39, 0.29) is 17.7 Å². The number of hydrazine groups is 1. The lowest BCUT2D eigenvalue weighted by Gasteiger charge is -2.32. The van der Waals surface area contributed by atoms with Crippen LogP contribution < -0.4 is 10.7 Å². The highest BCUT2D eigenvalue weighted by Gasteiger charge is 2.43. The number of piperazine rings is 1. The number of amides is 3. The third kappa shape index (κ3) is 4.78. The number of anilines is 1. The van der Waals surface area contributed by atoms with Crippen molar-refractivity contribution in [3.05, 3.63) is 56.8 Å². The van der Waals surface area contributed by atoms with Gasteiger partial charge in [-0.05, 0) is 43.7 Å². The molecule has 6 rings (SSSR count). The molecule has 1 aromatic carbocycles. The molecule has 2 N–H and O–H groups in total. The number of rotatable bonds is 6. The first-order chi connectivity index (χ1) is 18.9. The highest BCUT2D eigenvalue weighted by molar-refractivity contribution is 7.15. The van der Waals surface area contributed by atoms with Crippen LogP contribution >= 0.6 is 11.3 Å². The normalized spacial score (nSPS) is 22.9. The Bertz CT molecular complexity index is 1380. The van der Waals surface area contributed by atoms with Crippen LogP contribution in [0, 0.1) is 0 Å². The van der Waals surface area contributed by atoms with Gasteiger partial charge in [-0.2, -0.15) is 10.2 Å². The molecule has 3 amide bonds. The molecule has 0 saturated carbocycles.